The Morgan fingerprint density at radius 3 is 2.61 bits per heavy atom. The molecule has 0 unspecified atom stereocenters. The highest BCUT2D eigenvalue weighted by Gasteiger charge is 2.25. The molecule has 0 bridgehead atoms. The summed E-state index contributed by atoms with van der Waals surface area (Å²) in [5.41, 5.74) is 0.676. The van der Waals surface area contributed by atoms with Crippen molar-refractivity contribution in [3.05, 3.63) is 35.4 Å². The Balaban J connectivity index is 1.46. The van der Waals surface area contributed by atoms with Gasteiger partial charge in [0.2, 0.25) is 5.91 Å². The molecule has 0 radical (unpaired) electrons. The van der Waals surface area contributed by atoms with Crippen LogP contribution < -0.4 is 5.32 Å². The van der Waals surface area contributed by atoms with E-state index < -0.39 is 11.6 Å². The van der Waals surface area contributed by atoms with Crippen molar-refractivity contribution >= 4 is 5.91 Å². The standard InChI is InChI=1S/C18H24F2N2O/c19-15-8-14(9-16(20)10-15)12-22-7-1-2-13(11-22)3-6-18(23)21-17-4-5-17/h8-10,13,17H,1-7,11-12H2,(H,21,23)/t13-/m1/s1. The van der Waals surface area contributed by atoms with E-state index in [-0.39, 0.29) is 5.91 Å². The molecule has 126 valence electrons. The van der Waals surface area contributed by atoms with E-state index in [4.69, 9.17) is 0 Å². The molecule has 1 amide bonds. The van der Waals surface area contributed by atoms with Crippen LogP contribution in [0.25, 0.3) is 0 Å². The molecule has 3 rings (SSSR count). The Labute approximate surface area is 136 Å². The molecule has 1 aliphatic carbocycles. The molecule has 5 heteroatoms. The van der Waals surface area contributed by atoms with Gasteiger partial charge in [0.1, 0.15) is 11.6 Å². The molecule has 3 nitrogen and oxygen atoms in total. The highest BCUT2D eigenvalue weighted by Crippen LogP contribution is 2.24. The predicted molar refractivity (Wildman–Crippen MR) is 84.8 cm³/mol. The molecular weight excluding hydrogens is 298 g/mol. The number of rotatable bonds is 6. The molecule has 1 N–H and O–H groups in total. The molecular formula is C18H24F2N2O. The summed E-state index contributed by atoms with van der Waals surface area (Å²) < 4.78 is 26.5. The van der Waals surface area contributed by atoms with Crippen molar-refractivity contribution in [1.29, 1.82) is 0 Å². The zero-order valence-electron chi connectivity index (χ0n) is 13.4. The van der Waals surface area contributed by atoms with E-state index in [9.17, 15) is 13.6 Å². The van der Waals surface area contributed by atoms with Crippen LogP contribution in [0.3, 0.4) is 0 Å². The quantitative estimate of drug-likeness (QED) is 0.872. The number of amides is 1. The van der Waals surface area contributed by atoms with Crippen molar-refractivity contribution in [3.8, 4) is 0 Å². The normalized spacial score (nSPS) is 22.1. The van der Waals surface area contributed by atoms with Crippen molar-refractivity contribution in [3.63, 3.8) is 0 Å². The van der Waals surface area contributed by atoms with Gasteiger partial charge < -0.3 is 5.32 Å². The number of benzene rings is 1. The van der Waals surface area contributed by atoms with Gasteiger partial charge in [-0.1, -0.05) is 0 Å². The third kappa shape index (κ3) is 5.27. The fraction of sp³-hybridized carbons (Fsp3) is 0.611. The second-order valence-corrected chi connectivity index (χ2v) is 6.90. The number of halogens is 2. The number of nitrogens with zero attached hydrogens (tertiary/aromatic N) is 1. The van der Waals surface area contributed by atoms with Gasteiger partial charge in [0, 0.05) is 31.6 Å². The molecule has 1 saturated heterocycles. The Bertz CT molecular complexity index is 540. The van der Waals surface area contributed by atoms with Crippen LogP contribution in [0, 0.1) is 17.6 Å². The first kappa shape index (κ1) is 16.4. The van der Waals surface area contributed by atoms with Gasteiger partial charge in [-0.15, -0.1) is 0 Å². The van der Waals surface area contributed by atoms with Crippen LogP contribution in [-0.4, -0.2) is 29.9 Å². The van der Waals surface area contributed by atoms with Gasteiger partial charge in [-0.3, -0.25) is 9.69 Å². The first-order chi connectivity index (χ1) is 11.1. The number of carbonyl (C=O) groups excluding carboxylic acids is 1. The maximum absolute atomic E-state index is 13.3. The second-order valence-electron chi connectivity index (χ2n) is 6.90. The summed E-state index contributed by atoms with van der Waals surface area (Å²) in [5.74, 6) is -0.389. The summed E-state index contributed by atoms with van der Waals surface area (Å²) in [6.07, 6.45) is 5.92. The smallest absolute Gasteiger partial charge is 0.220 e. The molecule has 0 aromatic heterocycles. The Morgan fingerprint density at radius 1 is 1.17 bits per heavy atom. The fourth-order valence-electron chi connectivity index (χ4n) is 3.35. The summed E-state index contributed by atoms with van der Waals surface area (Å²) >= 11 is 0. The topological polar surface area (TPSA) is 32.3 Å². The number of piperidine rings is 1. The fourth-order valence-corrected chi connectivity index (χ4v) is 3.35. The first-order valence-corrected chi connectivity index (χ1v) is 8.55. The molecule has 1 saturated carbocycles. The van der Waals surface area contributed by atoms with Crippen LogP contribution in [-0.2, 0) is 11.3 Å². The van der Waals surface area contributed by atoms with Gasteiger partial charge in [0.15, 0.2) is 0 Å². The lowest BCUT2D eigenvalue weighted by Crippen LogP contribution is -2.35. The summed E-state index contributed by atoms with van der Waals surface area (Å²) in [7, 11) is 0. The van der Waals surface area contributed by atoms with Gasteiger partial charge >= 0.3 is 0 Å². The largest absolute Gasteiger partial charge is 0.353 e. The van der Waals surface area contributed by atoms with Gasteiger partial charge in [0.05, 0.1) is 0 Å². The number of hydrogen-bond acceptors (Lipinski definition) is 2. The highest BCUT2D eigenvalue weighted by molar-refractivity contribution is 5.76. The van der Waals surface area contributed by atoms with E-state index in [1.165, 1.54) is 12.1 Å². The van der Waals surface area contributed by atoms with Crippen molar-refractivity contribution in [1.82, 2.24) is 10.2 Å². The zero-order chi connectivity index (χ0) is 16.2. The van der Waals surface area contributed by atoms with E-state index in [0.717, 1.165) is 51.3 Å². The Hall–Kier alpha value is -1.49. The molecule has 1 aliphatic heterocycles. The van der Waals surface area contributed by atoms with Crippen molar-refractivity contribution in [2.75, 3.05) is 13.1 Å². The minimum absolute atomic E-state index is 0.164. The molecule has 2 aliphatic rings. The molecule has 0 spiro atoms. The summed E-state index contributed by atoms with van der Waals surface area (Å²) in [4.78, 5) is 14.0. The minimum Gasteiger partial charge on any atom is -0.353 e. The van der Waals surface area contributed by atoms with Gasteiger partial charge in [0.25, 0.3) is 0 Å². The molecule has 1 aromatic rings. The van der Waals surface area contributed by atoms with Crippen LogP contribution in [0.1, 0.15) is 44.1 Å². The van der Waals surface area contributed by atoms with E-state index >= 15 is 0 Å². The average molecular weight is 322 g/mol. The van der Waals surface area contributed by atoms with Crippen LogP contribution >= 0.6 is 0 Å². The highest BCUT2D eigenvalue weighted by atomic mass is 19.1. The molecule has 23 heavy (non-hydrogen) atoms. The zero-order valence-corrected chi connectivity index (χ0v) is 13.4. The van der Waals surface area contributed by atoms with Crippen molar-refractivity contribution in [2.45, 2.75) is 51.1 Å². The van der Waals surface area contributed by atoms with Crippen molar-refractivity contribution in [2.24, 2.45) is 5.92 Å². The summed E-state index contributed by atoms with van der Waals surface area (Å²) in [6, 6.07) is 4.13. The van der Waals surface area contributed by atoms with E-state index in [1.54, 1.807) is 0 Å². The maximum Gasteiger partial charge on any atom is 0.220 e. The van der Waals surface area contributed by atoms with E-state index in [2.05, 4.69) is 10.2 Å². The van der Waals surface area contributed by atoms with Gasteiger partial charge in [-0.25, -0.2) is 8.78 Å². The number of likely N-dealkylation sites (tertiary alicyclic amines) is 1. The van der Waals surface area contributed by atoms with E-state index in [1.807, 2.05) is 0 Å². The summed E-state index contributed by atoms with van der Waals surface area (Å²) in [6.45, 7) is 2.41. The van der Waals surface area contributed by atoms with Crippen LogP contribution in [0.15, 0.2) is 18.2 Å². The lowest BCUT2D eigenvalue weighted by molar-refractivity contribution is -0.121. The average Bonchev–Trinajstić information content (AvgIpc) is 3.28. The van der Waals surface area contributed by atoms with Gasteiger partial charge in [-0.05, 0) is 62.3 Å². The Kier molecular flexibility index (Phi) is 5.26. The lowest BCUT2D eigenvalue weighted by atomic mass is 9.93. The number of carbonyl (C=O) groups is 1. The SMILES string of the molecule is O=C(CC[C@H]1CCCN(Cc2cc(F)cc(F)c2)C1)NC1CC1. The molecule has 1 atom stereocenters. The number of hydrogen-bond donors (Lipinski definition) is 1. The van der Waals surface area contributed by atoms with Crippen LogP contribution in [0.5, 0.6) is 0 Å². The van der Waals surface area contributed by atoms with Crippen LogP contribution in [0.2, 0.25) is 0 Å². The monoisotopic (exact) mass is 322 g/mol. The molecule has 1 aromatic carbocycles. The summed E-state index contributed by atoms with van der Waals surface area (Å²) in [5, 5.41) is 3.02. The third-order valence-corrected chi connectivity index (χ3v) is 4.65. The maximum atomic E-state index is 13.3. The number of nitrogens with one attached hydrogen (secondary N) is 1. The molecule has 1 heterocycles. The lowest BCUT2D eigenvalue weighted by Gasteiger charge is -2.32. The third-order valence-electron chi connectivity index (χ3n) is 4.65. The Morgan fingerprint density at radius 2 is 1.91 bits per heavy atom. The second kappa shape index (κ2) is 7.39. The minimum atomic E-state index is -0.523. The van der Waals surface area contributed by atoms with Crippen LogP contribution in [0.4, 0.5) is 8.78 Å². The van der Waals surface area contributed by atoms with Gasteiger partial charge in [-0.2, -0.15) is 0 Å². The van der Waals surface area contributed by atoms with E-state index in [0.29, 0.717) is 30.5 Å². The van der Waals surface area contributed by atoms with Crippen molar-refractivity contribution < 1.29 is 13.6 Å². The molecule has 2 fully saturated rings. The first-order valence-electron chi connectivity index (χ1n) is 8.55. The predicted octanol–water partition coefficient (Wildman–Crippen LogP) is 3.24.